The third-order valence-electron chi connectivity index (χ3n) is 10.9. The summed E-state index contributed by atoms with van der Waals surface area (Å²) in [7, 11) is -4.03. The molecule has 0 rings (SSSR count). The van der Waals surface area contributed by atoms with Crippen LogP contribution < -0.4 is 0 Å². The van der Waals surface area contributed by atoms with Gasteiger partial charge in [0.25, 0.3) is 10.1 Å². The molecule has 0 aromatic carbocycles. The summed E-state index contributed by atoms with van der Waals surface area (Å²) < 4.78 is 62.3. The van der Waals surface area contributed by atoms with Gasteiger partial charge in [0.1, 0.15) is 26.4 Å². The maximum absolute atomic E-state index is 13.1. The normalized spacial score (nSPS) is 11.5. The molecule has 0 saturated heterocycles. The van der Waals surface area contributed by atoms with Crippen LogP contribution in [0.1, 0.15) is 233 Å². The van der Waals surface area contributed by atoms with E-state index in [1.165, 1.54) is 0 Å². The Balaban J connectivity index is 5.48. The highest BCUT2D eigenvalue weighted by atomic mass is 32.2. The van der Waals surface area contributed by atoms with Crippen LogP contribution in [-0.4, -0.2) is 95.2 Å². The standard InChI is InChI=1S/C50H90O15S/c1-6-10-14-18-22-26-30-45(51)59-38-43(39-60-46(52)31-27-23-19-15-11-7-2)63-49(55)36-34-42(65-66(5,57)58)35-37-50(56)64-44(40-61-47(53)32-28-24-20-16-12-8-3)41-62-48(54)33-29-25-21-17-13-9-4/h42-44H,6-41H2,1-5H3. The van der Waals surface area contributed by atoms with Crippen molar-refractivity contribution in [1.29, 1.82) is 0 Å². The van der Waals surface area contributed by atoms with Crippen LogP contribution in [0.2, 0.25) is 0 Å². The van der Waals surface area contributed by atoms with Gasteiger partial charge in [0.15, 0.2) is 12.2 Å². The molecular weight excluding hydrogens is 873 g/mol. The zero-order valence-corrected chi connectivity index (χ0v) is 42.5. The molecule has 0 radical (unpaired) electrons. The van der Waals surface area contributed by atoms with Crippen LogP contribution >= 0.6 is 0 Å². The van der Waals surface area contributed by atoms with Gasteiger partial charge in [-0.25, -0.2) is 0 Å². The molecule has 0 aliphatic heterocycles. The van der Waals surface area contributed by atoms with Crippen molar-refractivity contribution in [2.45, 2.75) is 251 Å². The Hall–Kier alpha value is -3.27. The molecule has 0 spiro atoms. The van der Waals surface area contributed by atoms with E-state index >= 15 is 0 Å². The second-order valence-electron chi connectivity index (χ2n) is 17.5. The number of hydrogen-bond acceptors (Lipinski definition) is 15. The number of esters is 6. The number of carbonyl (C=O) groups is 6. The van der Waals surface area contributed by atoms with E-state index in [1.54, 1.807) is 0 Å². The lowest BCUT2D eigenvalue weighted by atomic mass is 10.1. The Kier molecular flexibility index (Phi) is 40.9. The SMILES string of the molecule is CCCCCCCCC(=O)OCC(COC(=O)CCCCCCCC)OC(=O)CCC(CCC(=O)OC(COC(=O)CCCCCCCC)COC(=O)CCCCCCCC)OS(C)(=O)=O. The van der Waals surface area contributed by atoms with E-state index in [-0.39, 0.29) is 77.8 Å². The maximum Gasteiger partial charge on any atom is 0.306 e. The van der Waals surface area contributed by atoms with Crippen molar-refractivity contribution in [2.24, 2.45) is 0 Å². The van der Waals surface area contributed by atoms with Crippen molar-refractivity contribution in [2.75, 3.05) is 32.7 Å². The second kappa shape index (κ2) is 43.0. The van der Waals surface area contributed by atoms with Gasteiger partial charge in [-0.1, -0.05) is 156 Å². The highest BCUT2D eigenvalue weighted by molar-refractivity contribution is 7.86. The Morgan fingerprint density at radius 1 is 0.333 bits per heavy atom. The van der Waals surface area contributed by atoms with Gasteiger partial charge in [0.2, 0.25) is 0 Å². The van der Waals surface area contributed by atoms with Crippen LogP contribution in [0.4, 0.5) is 0 Å². The molecule has 0 saturated carbocycles. The molecule has 0 atom stereocenters. The molecule has 0 N–H and O–H groups in total. The van der Waals surface area contributed by atoms with Crippen LogP contribution in [0.3, 0.4) is 0 Å². The van der Waals surface area contributed by atoms with Crippen molar-refractivity contribution in [3.05, 3.63) is 0 Å². The Morgan fingerprint density at radius 2 is 0.576 bits per heavy atom. The third kappa shape index (κ3) is 42.1. The van der Waals surface area contributed by atoms with Gasteiger partial charge in [-0.3, -0.25) is 33.0 Å². The lowest BCUT2D eigenvalue weighted by Crippen LogP contribution is -2.32. The van der Waals surface area contributed by atoms with E-state index in [1.807, 2.05) is 0 Å². The van der Waals surface area contributed by atoms with Crippen LogP contribution in [0.5, 0.6) is 0 Å². The van der Waals surface area contributed by atoms with Crippen molar-refractivity contribution in [3.63, 3.8) is 0 Å². The van der Waals surface area contributed by atoms with Crippen molar-refractivity contribution in [3.8, 4) is 0 Å². The minimum Gasteiger partial charge on any atom is -0.462 e. The fraction of sp³-hybridized carbons (Fsp3) is 0.880. The van der Waals surface area contributed by atoms with E-state index in [4.69, 9.17) is 32.6 Å². The smallest absolute Gasteiger partial charge is 0.306 e. The van der Waals surface area contributed by atoms with E-state index in [2.05, 4.69) is 27.7 Å². The predicted molar refractivity (Wildman–Crippen MR) is 254 cm³/mol. The molecule has 0 aliphatic carbocycles. The van der Waals surface area contributed by atoms with Gasteiger partial charge in [-0.05, 0) is 38.5 Å². The highest BCUT2D eigenvalue weighted by Crippen LogP contribution is 2.17. The quantitative estimate of drug-likeness (QED) is 0.0241. The average Bonchev–Trinajstić information content (AvgIpc) is 3.27. The summed E-state index contributed by atoms with van der Waals surface area (Å²) >= 11 is 0. The molecule has 0 aromatic heterocycles. The molecule has 0 unspecified atom stereocenters. The summed E-state index contributed by atoms with van der Waals surface area (Å²) in [5.74, 6) is -3.41. The van der Waals surface area contributed by atoms with Gasteiger partial charge in [-0.2, -0.15) is 8.42 Å². The van der Waals surface area contributed by atoms with Crippen LogP contribution in [-0.2, 0) is 71.5 Å². The van der Waals surface area contributed by atoms with E-state index < -0.39 is 64.2 Å². The fourth-order valence-corrected chi connectivity index (χ4v) is 7.69. The van der Waals surface area contributed by atoms with Crippen LogP contribution in [0.15, 0.2) is 0 Å². The Labute approximate surface area is 398 Å². The first-order chi connectivity index (χ1) is 31.7. The molecule has 0 aromatic rings. The maximum atomic E-state index is 13.1. The highest BCUT2D eigenvalue weighted by Gasteiger charge is 2.25. The van der Waals surface area contributed by atoms with E-state index in [0.717, 1.165) is 135 Å². The third-order valence-corrected chi connectivity index (χ3v) is 11.5. The molecule has 0 bridgehead atoms. The zero-order chi connectivity index (χ0) is 49.1. The largest absolute Gasteiger partial charge is 0.462 e. The number of unbranched alkanes of at least 4 members (excludes halogenated alkanes) is 20. The molecule has 66 heavy (non-hydrogen) atoms. The second-order valence-corrected chi connectivity index (χ2v) is 19.1. The summed E-state index contributed by atoms with van der Waals surface area (Å²) in [6, 6.07) is 0. The predicted octanol–water partition coefficient (Wildman–Crippen LogP) is 10.9. The number of ether oxygens (including phenoxy) is 6. The van der Waals surface area contributed by atoms with Gasteiger partial charge in [0.05, 0.1) is 12.4 Å². The summed E-state index contributed by atoms with van der Waals surface area (Å²) in [6.45, 7) is 7.21. The fourth-order valence-electron chi connectivity index (χ4n) is 7.00. The lowest BCUT2D eigenvalue weighted by Gasteiger charge is -2.20. The molecule has 0 heterocycles. The first kappa shape index (κ1) is 62.7. The first-order valence-electron chi connectivity index (χ1n) is 25.6. The number of carbonyl (C=O) groups excluding carboxylic acids is 6. The molecule has 0 aliphatic rings. The zero-order valence-electron chi connectivity index (χ0n) is 41.7. The summed E-state index contributed by atoms with van der Waals surface area (Å²) in [5.41, 5.74) is 0. The molecule has 16 heteroatoms. The van der Waals surface area contributed by atoms with Crippen LogP contribution in [0.25, 0.3) is 0 Å². The number of hydrogen-bond donors (Lipinski definition) is 0. The lowest BCUT2D eigenvalue weighted by molar-refractivity contribution is -0.167. The summed E-state index contributed by atoms with van der Waals surface area (Å²) in [6.07, 6.45) is 21.1. The van der Waals surface area contributed by atoms with E-state index in [9.17, 15) is 37.2 Å². The van der Waals surface area contributed by atoms with Gasteiger partial charge < -0.3 is 28.4 Å². The van der Waals surface area contributed by atoms with Gasteiger partial charge >= 0.3 is 35.8 Å². The molecule has 15 nitrogen and oxygen atoms in total. The van der Waals surface area contributed by atoms with Crippen molar-refractivity contribution < 1.29 is 69.8 Å². The first-order valence-corrected chi connectivity index (χ1v) is 27.4. The molecule has 386 valence electrons. The minimum absolute atomic E-state index is 0.170. The molecule has 0 fully saturated rings. The Bertz CT molecular complexity index is 1240. The molecule has 0 amide bonds. The van der Waals surface area contributed by atoms with Gasteiger partial charge in [-0.15, -0.1) is 0 Å². The topological polar surface area (TPSA) is 201 Å². The average molecular weight is 963 g/mol. The summed E-state index contributed by atoms with van der Waals surface area (Å²) in [4.78, 5) is 76.3. The monoisotopic (exact) mass is 963 g/mol. The summed E-state index contributed by atoms with van der Waals surface area (Å²) in [5, 5.41) is 0. The number of rotatable bonds is 46. The van der Waals surface area contributed by atoms with E-state index in [0.29, 0.717) is 25.7 Å². The van der Waals surface area contributed by atoms with Gasteiger partial charge in [0, 0.05) is 38.5 Å². The minimum atomic E-state index is -4.03. The van der Waals surface area contributed by atoms with Crippen molar-refractivity contribution in [1.82, 2.24) is 0 Å². The molecular formula is C50H90O15S. The van der Waals surface area contributed by atoms with Crippen molar-refractivity contribution >= 4 is 45.9 Å². The Morgan fingerprint density at radius 3 is 0.818 bits per heavy atom. The van der Waals surface area contributed by atoms with Crippen LogP contribution in [0, 0.1) is 0 Å².